The number of aryl methyl sites for hydroxylation is 1. The molecule has 0 bridgehead atoms. The van der Waals surface area contributed by atoms with Crippen LogP contribution in [0.5, 0.6) is 0 Å². The predicted octanol–water partition coefficient (Wildman–Crippen LogP) is 2.18. The van der Waals surface area contributed by atoms with Gasteiger partial charge in [0, 0.05) is 18.8 Å². The van der Waals surface area contributed by atoms with Crippen LogP contribution in [-0.4, -0.2) is 11.1 Å². The van der Waals surface area contributed by atoms with Gasteiger partial charge in [-0.15, -0.1) is 0 Å². The fourth-order valence-corrected chi connectivity index (χ4v) is 2.34. The Labute approximate surface area is 105 Å². The molecule has 4 heteroatoms. The summed E-state index contributed by atoms with van der Waals surface area (Å²) in [6.45, 7) is 3.00. The van der Waals surface area contributed by atoms with E-state index in [9.17, 15) is 4.79 Å². The zero-order chi connectivity index (χ0) is 12.4. The highest BCUT2D eigenvalue weighted by atomic mass is 35.5. The lowest BCUT2D eigenvalue weighted by Crippen LogP contribution is -2.27. The monoisotopic (exact) mass is 250 g/mol. The van der Waals surface area contributed by atoms with Gasteiger partial charge < -0.3 is 10.3 Å². The molecule has 0 atom stereocenters. The van der Waals surface area contributed by atoms with Crippen molar-refractivity contribution in [3.05, 3.63) is 45.3 Å². The Morgan fingerprint density at radius 2 is 2.18 bits per heavy atom. The molecular formula is C13H15ClN2O. The summed E-state index contributed by atoms with van der Waals surface area (Å²) in [4.78, 5) is 12.3. The van der Waals surface area contributed by atoms with Crippen LogP contribution in [0.3, 0.4) is 0 Å². The van der Waals surface area contributed by atoms with Crippen LogP contribution in [-0.2, 0) is 13.0 Å². The number of aromatic nitrogens is 1. The first-order valence-corrected chi connectivity index (χ1v) is 6.07. The molecule has 1 aromatic carbocycles. The van der Waals surface area contributed by atoms with Crippen LogP contribution in [0.15, 0.2) is 29.1 Å². The van der Waals surface area contributed by atoms with Gasteiger partial charge in [-0.1, -0.05) is 30.7 Å². The zero-order valence-electron chi connectivity index (χ0n) is 9.74. The number of halogens is 1. The zero-order valence-corrected chi connectivity index (χ0v) is 10.5. The second kappa shape index (κ2) is 4.90. The Bertz CT molecular complexity index is 604. The van der Waals surface area contributed by atoms with Gasteiger partial charge in [0.1, 0.15) is 0 Å². The van der Waals surface area contributed by atoms with Crippen molar-refractivity contribution in [3.8, 4) is 0 Å². The molecule has 17 heavy (non-hydrogen) atoms. The van der Waals surface area contributed by atoms with E-state index >= 15 is 0 Å². The summed E-state index contributed by atoms with van der Waals surface area (Å²) in [5.41, 5.74) is 6.49. The maximum Gasteiger partial charge on any atom is 0.260 e. The number of nitrogens with zero attached hydrogens (tertiary/aromatic N) is 1. The van der Waals surface area contributed by atoms with Crippen molar-refractivity contribution in [3.63, 3.8) is 0 Å². The van der Waals surface area contributed by atoms with E-state index < -0.39 is 0 Å². The number of hydrogen-bond acceptors (Lipinski definition) is 2. The van der Waals surface area contributed by atoms with Gasteiger partial charge in [-0.3, -0.25) is 4.79 Å². The summed E-state index contributed by atoms with van der Waals surface area (Å²) >= 11 is 6.09. The van der Waals surface area contributed by atoms with Crippen LogP contribution in [0.25, 0.3) is 10.8 Å². The summed E-state index contributed by atoms with van der Waals surface area (Å²) in [7, 11) is 0. The summed E-state index contributed by atoms with van der Waals surface area (Å²) < 4.78 is 1.72. The van der Waals surface area contributed by atoms with E-state index in [0.29, 0.717) is 23.5 Å². The molecule has 0 amide bonds. The average molecular weight is 251 g/mol. The van der Waals surface area contributed by atoms with Crippen molar-refractivity contribution < 1.29 is 0 Å². The molecule has 0 fully saturated rings. The molecule has 0 spiro atoms. The highest BCUT2D eigenvalue weighted by Gasteiger charge is 2.09. The third-order valence-corrected chi connectivity index (χ3v) is 3.20. The van der Waals surface area contributed by atoms with Crippen LogP contribution in [0.4, 0.5) is 0 Å². The molecule has 1 heterocycles. The summed E-state index contributed by atoms with van der Waals surface area (Å²) in [6.07, 6.45) is 0.803. The van der Waals surface area contributed by atoms with E-state index in [1.54, 1.807) is 10.6 Å². The number of nitrogens with two attached hydrogens (primary N) is 1. The van der Waals surface area contributed by atoms with E-state index in [-0.39, 0.29) is 5.56 Å². The SMILES string of the molecule is CCc1cc2cccc(Cl)c2c(=O)n1CCN. The fraction of sp³-hybridized carbons (Fsp3) is 0.308. The Kier molecular flexibility index (Phi) is 3.50. The first-order valence-electron chi connectivity index (χ1n) is 5.70. The van der Waals surface area contributed by atoms with Gasteiger partial charge in [-0.2, -0.15) is 0 Å². The van der Waals surface area contributed by atoms with Gasteiger partial charge in [0.05, 0.1) is 10.4 Å². The minimum absolute atomic E-state index is 0.0459. The fourth-order valence-electron chi connectivity index (χ4n) is 2.08. The quantitative estimate of drug-likeness (QED) is 0.908. The molecule has 0 aliphatic heterocycles. The molecule has 0 saturated heterocycles. The molecule has 0 aliphatic rings. The molecule has 0 aliphatic carbocycles. The third kappa shape index (κ3) is 2.08. The number of rotatable bonds is 3. The van der Waals surface area contributed by atoms with E-state index in [1.165, 1.54) is 0 Å². The van der Waals surface area contributed by atoms with E-state index in [2.05, 4.69) is 0 Å². The molecule has 2 rings (SSSR count). The number of hydrogen-bond donors (Lipinski definition) is 1. The minimum atomic E-state index is -0.0459. The van der Waals surface area contributed by atoms with Crippen molar-refractivity contribution >= 4 is 22.4 Å². The third-order valence-electron chi connectivity index (χ3n) is 2.89. The molecule has 90 valence electrons. The smallest absolute Gasteiger partial charge is 0.260 e. The van der Waals surface area contributed by atoms with Gasteiger partial charge >= 0.3 is 0 Å². The molecule has 2 N–H and O–H groups in total. The van der Waals surface area contributed by atoms with Gasteiger partial charge in [-0.05, 0) is 23.9 Å². The van der Waals surface area contributed by atoms with Gasteiger partial charge in [0.25, 0.3) is 5.56 Å². The largest absolute Gasteiger partial charge is 0.329 e. The van der Waals surface area contributed by atoms with Crippen LogP contribution in [0, 0.1) is 0 Å². The van der Waals surface area contributed by atoms with Gasteiger partial charge in [0.15, 0.2) is 0 Å². The molecule has 1 aromatic heterocycles. The van der Waals surface area contributed by atoms with Crippen LogP contribution < -0.4 is 11.3 Å². The van der Waals surface area contributed by atoms with Crippen molar-refractivity contribution in [1.82, 2.24) is 4.57 Å². The Hall–Kier alpha value is -1.32. The second-order valence-corrected chi connectivity index (χ2v) is 4.35. The topological polar surface area (TPSA) is 48.0 Å². The first kappa shape index (κ1) is 12.1. The average Bonchev–Trinajstić information content (AvgIpc) is 2.32. The van der Waals surface area contributed by atoms with Gasteiger partial charge in [-0.25, -0.2) is 0 Å². The van der Waals surface area contributed by atoms with E-state index in [1.807, 2.05) is 25.1 Å². The van der Waals surface area contributed by atoms with Crippen LogP contribution in [0.1, 0.15) is 12.6 Å². The maximum absolute atomic E-state index is 12.3. The van der Waals surface area contributed by atoms with Crippen molar-refractivity contribution in [2.45, 2.75) is 19.9 Å². The van der Waals surface area contributed by atoms with E-state index in [0.717, 1.165) is 17.5 Å². The Morgan fingerprint density at radius 3 is 2.82 bits per heavy atom. The normalized spacial score (nSPS) is 11.0. The predicted molar refractivity (Wildman–Crippen MR) is 71.7 cm³/mol. The maximum atomic E-state index is 12.3. The van der Waals surface area contributed by atoms with Gasteiger partial charge in [0.2, 0.25) is 0 Å². The van der Waals surface area contributed by atoms with Crippen LogP contribution in [0.2, 0.25) is 5.02 Å². The summed E-state index contributed by atoms with van der Waals surface area (Å²) in [5.74, 6) is 0. The van der Waals surface area contributed by atoms with Crippen LogP contribution >= 0.6 is 11.6 Å². The highest BCUT2D eigenvalue weighted by molar-refractivity contribution is 6.35. The standard InChI is InChI=1S/C13H15ClN2O/c1-2-10-8-9-4-3-5-11(14)12(9)13(17)16(10)7-6-15/h3-5,8H,2,6-7,15H2,1H3. The Balaban J connectivity index is 2.84. The van der Waals surface area contributed by atoms with E-state index in [4.69, 9.17) is 17.3 Å². The van der Waals surface area contributed by atoms with Crippen molar-refractivity contribution in [2.75, 3.05) is 6.54 Å². The molecule has 0 radical (unpaired) electrons. The number of fused-ring (bicyclic) bond motifs is 1. The lowest BCUT2D eigenvalue weighted by molar-refractivity contribution is 0.651. The molecule has 0 saturated carbocycles. The number of pyridine rings is 1. The lowest BCUT2D eigenvalue weighted by atomic mass is 10.1. The Morgan fingerprint density at radius 1 is 1.41 bits per heavy atom. The molecule has 3 nitrogen and oxygen atoms in total. The molecule has 2 aromatic rings. The first-order chi connectivity index (χ1) is 8.19. The minimum Gasteiger partial charge on any atom is -0.329 e. The number of benzene rings is 1. The molecular weight excluding hydrogens is 236 g/mol. The lowest BCUT2D eigenvalue weighted by Gasteiger charge is -2.12. The van der Waals surface area contributed by atoms with Crippen molar-refractivity contribution in [2.24, 2.45) is 5.73 Å². The summed E-state index contributed by atoms with van der Waals surface area (Å²) in [5, 5.41) is 1.98. The second-order valence-electron chi connectivity index (χ2n) is 3.94. The van der Waals surface area contributed by atoms with Crippen molar-refractivity contribution in [1.29, 1.82) is 0 Å². The highest BCUT2D eigenvalue weighted by Crippen LogP contribution is 2.21. The molecule has 0 unspecified atom stereocenters. The summed E-state index contributed by atoms with van der Waals surface area (Å²) in [6, 6.07) is 7.52.